The summed E-state index contributed by atoms with van der Waals surface area (Å²) in [7, 11) is 1.63. The molecule has 0 spiro atoms. The van der Waals surface area contributed by atoms with Gasteiger partial charge in [-0.25, -0.2) is 14.8 Å². The second kappa shape index (κ2) is 5.92. The van der Waals surface area contributed by atoms with Crippen LogP contribution in [-0.4, -0.2) is 28.2 Å². The topological polar surface area (TPSA) is 84.3 Å². The van der Waals surface area contributed by atoms with Gasteiger partial charge in [-0.15, -0.1) is 0 Å². The Balaban J connectivity index is 1.96. The largest absolute Gasteiger partial charge is 0.497 e. The number of carbonyl (C=O) groups is 1. The van der Waals surface area contributed by atoms with Crippen LogP contribution in [0.15, 0.2) is 42.7 Å². The maximum absolute atomic E-state index is 11.1. The van der Waals surface area contributed by atoms with E-state index in [-0.39, 0.29) is 5.69 Å². The van der Waals surface area contributed by atoms with Crippen LogP contribution in [-0.2, 0) is 0 Å². The van der Waals surface area contributed by atoms with Crippen LogP contribution in [0.1, 0.15) is 16.1 Å². The smallest absolute Gasteiger partial charge is 0.354 e. The number of nitrogens with zero attached hydrogens (tertiary/aromatic N) is 2. The molecular formula is C17H15N3O3. The second-order valence-electron chi connectivity index (χ2n) is 5.05. The average molecular weight is 309 g/mol. The van der Waals surface area contributed by atoms with Crippen molar-refractivity contribution in [3.05, 3.63) is 54.0 Å². The molecule has 3 aromatic rings. The Morgan fingerprint density at radius 3 is 2.61 bits per heavy atom. The van der Waals surface area contributed by atoms with Crippen LogP contribution < -0.4 is 10.1 Å². The Hall–Kier alpha value is -3.15. The molecule has 2 aromatic carbocycles. The van der Waals surface area contributed by atoms with Crippen LogP contribution in [0.4, 0.5) is 11.5 Å². The molecule has 6 nitrogen and oxygen atoms in total. The minimum atomic E-state index is -1.07. The SMILES string of the molecule is COc1ccc2cc(Nc3ncnc(C(=O)O)c3C)ccc2c1. The number of hydrogen-bond acceptors (Lipinski definition) is 5. The highest BCUT2D eigenvalue weighted by Crippen LogP contribution is 2.26. The lowest BCUT2D eigenvalue weighted by Gasteiger charge is -2.11. The van der Waals surface area contributed by atoms with Crippen molar-refractivity contribution in [1.29, 1.82) is 0 Å². The van der Waals surface area contributed by atoms with E-state index >= 15 is 0 Å². The molecule has 6 heteroatoms. The Morgan fingerprint density at radius 1 is 1.13 bits per heavy atom. The number of carboxylic acids is 1. The summed E-state index contributed by atoms with van der Waals surface area (Å²) in [5, 5.41) is 14.4. The Bertz CT molecular complexity index is 893. The average Bonchev–Trinajstić information content (AvgIpc) is 2.56. The predicted octanol–water partition coefficient (Wildman–Crippen LogP) is 3.39. The van der Waals surface area contributed by atoms with Crippen molar-refractivity contribution in [1.82, 2.24) is 9.97 Å². The number of ether oxygens (including phenoxy) is 1. The first-order chi connectivity index (χ1) is 11.1. The predicted molar refractivity (Wildman–Crippen MR) is 87.5 cm³/mol. The molecule has 3 rings (SSSR count). The van der Waals surface area contributed by atoms with Crippen molar-refractivity contribution < 1.29 is 14.6 Å². The van der Waals surface area contributed by atoms with Gasteiger partial charge in [0, 0.05) is 11.3 Å². The molecule has 2 N–H and O–H groups in total. The lowest BCUT2D eigenvalue weighted by Crippen LogP contribution is -2.07. The summed E-state index contributed by atoms with van der Waals surface area (Å²) >= 11 is 0. The third kappa shape index (κ3) is 2.91. The first-order valence-electron chi connectivity index (χ1n) is 6.98. The van der Waals surface area contributed by atoms with E-state index in [9.17, 15) is 4.79 Å². The number of fused-ring (bicyclic) bond motifs is 1. The van der Waals surface area contributed by atoms with Gasteiger partial charge in [-0.1, -0.05) is 12.1 Å². The number of anilines is 2. The van der Waals surface area contributed by atoms with E-state index < -0.39 is 5.97 Å². The molecule has 0 unspecified atom stereocenters. The summed E-state index contributed by atoms with van der Waals surface area (Å²) in [6.45, 7) is 1.68. The molecule has 0 aliphatic heterocycles. The van der Waals surface area contributed by atoms with E-state index in [4.69, 9.17) is 9.84 Å². The van der Waals surface area contributed by atoms with Crippen molar-refractivity contribution in [2.75, 3.05) is 12.4 Å². The van der Waals surface area contributed by atoms with Crippen molar-refractivity contribution in [3.8, 4) is 5.75 Å². The zero-order chi connectivity index (χ0) is 16.4. The normalized spacial score (nSPS) is 10.5. The molecule has 1 heterocycles. The van der Waals surface area contributed by atoms with E-state index in [1.165, 1.54) is 6.33 Å². The second-order valence-corrected chi connectivity index (χ2v) is 5.05. The molecule has 23 heavy (non-hydrogen) atoms. The van der Waals surface area contributed by atoms with Gasteiger partial charge in [-0.2, -0.15) is 0 Å². The number of nitrogens with one attached hydrogen (secondary N) is 1. The molecule has 0 aliphatic rings. The number of methoxy groups -OCH3 is 1. The molecule has 0 saturated carbocycles. The lowest BCUT2D eigenvalue weighted by molar-refractivity contribution is 0.0689. The quantitative estimate of drug-likeness (QED) is 0.768. The standard InChI is InChI=1S/C17H15N3O3/c1-10-15(17(21)22)18-9-19-16(10)20-13-5-3-12-8-14(23-2)6-4-11(12)7-13/h3-9H,1-2H3,(H,21,22)(H,18,19,20). The summed E-state index contributed by atoms with van der Waals surface area (Å²) in [6.07, 6.45) is 1.24. The van der Waals surface area contributed by atoms with Gasteiger partial charge >= 0.3 is 5.97 Å². The van der Waals surface area contributed by atoms with Gasteiger partial charge in [0.25, 0.3) is 0 Å². The maximum Gasteiger partial charge on any atom is 0.354 e. The molecule has 0 saturated heterocycles. The Labute approximate surface area is 132 Å². The van der Waals surface area contributed by atoms with Gasteiger partial charge in [0.15, 0.2) is 5.69 Å². The lowest BCUT2D eigenvalue weighted by atomic mass is 10.1. The van der Waals surface area contributed by atoms with Crippen molar-refractivity contribution in [2.45, 2.75) is 6.92 Å². The fourth-order valence-corrected chi connectivity index (χ4v) is 2.36. The van der Waals surface area contributed by atoms with Crippen LogP contribution >= 0.6 is 0 Å². The highest BCUT2D eigenvalue weighted by molar-refractivity contribution is 5.90. The summed E-state index contributed by atoms with van der Waals surface area (Å²) in [4.78, 5) is 19.0. The monoisotopic (exact) mass is 309 g/mol. The first kappa shape index (κ1) is 14.8. The zero-order valence-electron chi connectivity index (χ0n) is 12.7. The van der Waals surface area contributed by atoms with Crippen molar-refractivity contribution >= 4 is 28.2 Å². The van der Waals surface area contributed by atoms with Crippen LogP contribution in [0.2, 0.25) is 0 Å². The van der Waals surface area contributed by atoms with Gasteiger partial charge < -0.3 is 15.2 Å². The van der Waals surface area contributed by atoms with E-state index in [0.29, 0.717) is 11.4 Å². The highest BCUT2D eigenvalue weighted by atomic mass is 16.5. The molecule has 116 valence electrons. The molecule has 0 atom stereocenters. The Kier molecular flexibility index (Phi) is 3.80. The molecular weight excluding hydrogens is 294 g/mol. The van der Waals surface area contributed by atoms with Crippen LogP contribution in [0.5, 0.6) is 5.75 Å². The van der Waals surface area contributed by atoms with E-state index in [1.54, 1.807) is 14.0 Å². The number of hydrogen-bond donors (Lipinski definition) is 2. The van der Waals surface area contributed by atoms with Gasteiger partial charge in [0.05, 0.1) is 7.11 Å². The molecule has 0 fully saturated rings. The highest BCUT2D eigenvalue weighted by Gasteiger charge is 2.13. The first-order valence-corrected chi connectivity index (χ1v) is 6.98. The fourth-order valence-electron chi connectivity index (χ4n) is 2.36. The summed E-state index contributed by atoms with van der Waals surface area (Å²) in [5.41, 5.74) is 1.31. The van der Waals surface area contributed by atoms with E-state index in [1.807, 2.05) is 36.4 Å². The fraction of sp³-hybridized carbons (Fsp3) is 0.118. The number of rotatable bonds is 4. The Morgan fingerprint density at radius 2 is 1.87 bits per heavy atom. The van der Waals surface area contributed by atoms with Crippen LogP contribution in [0.3, 0.4) is 0 Å². The van der Waals surface area contributed by atoms with Gasteiger partial charge in [0.1, 0.15) is 17.9 Å². The van der Waals surface area contributed by atoms with Crippen molar-refractivity contribution in [2.24, 2.45) is 0 Å². The van der Waals surface area contributed by atoms with E-state index in [2.05, 4.69) is 15.3 Å². The maximum atomic E-state index is 11.1. The molecule has 0 amide bonds. The van der Waals surface area contributed by atoms with Gasteiger partial charge in [0.2, 0.25) is 0 Å². The van der Waals surface area contributed by atoms with Crippen LogP contribution in [0.25, 0.3) is 10.8 Å². The summed E-state index contributed by atoms with van der Waals surface area (Å²) in [6, 6.07) is 11.7. The third-order valence-electron chi connectivity index (χ3n) is 3.60. The minimum Gasteiger partial charge on any atom is -0.497 e. The van der Waals surface area contributed by atoms with Gasteiger partial charge in [-0.05, 0) is 42.0 Å². The zero-order valence-corrected chi connectivity index (χ0v) is 12.7. The molecule has 0 bridgehead atoms. The molecule has 0 radical (unpaired) electrons. The number of aromatic nitrogens is 2. The number of benzene rings is 2. The third-order valence-corrected chi connectivity index (χ3v) is 3.60. The molecule has 1 aromatic heterocycles. The minimum absolute atomic E-state index is 0.00646. The number of aromatic carboxylic acids is 1. The number of carboxylic acid groups (broad SMARTS) is 1. The van der Waals surface area contributed by atoms with Crippen molar-refractivity contribution in [3.63, 3.8) is 0 Å². The molecule has 0 aliphatic carbocycles. The van der Waals surface area contributed by atoms with E-state index in [0.717, 1.165) is 22.2 Å². The summed E-state index contributed by atoms with van der Waals surface area (Å²) < 4.78 is 5.21. The summed E-state index contributed by atoms with van der Waals surface area (Å²) in [5.74, 6) is 0.208. The van der Waals surface area contributed by atoms with Crippen LogP contribution in [0, 0.1) is 6.92 Å². The van der Waals surface area contributed by atoms with Gasteiger partial charge in [-0.3, -0.25) is 0 Å².